The molecule has 0 saturated carbocycles. The second-order valence-corrected chi connectivity index (χ2v) is 11.0. The molecule has 30 heavy (non-hydrogen) atoms. The fraction of sp³-hybridized carbons (Fsp3) is 0.455. The van der Waals surface area contributed by atoms with Gasteiger partial charge in [0.15, 0.2) is 0 Å². The summed E-state index contributed by atoms with van der Waals surface area (Å²) in [6.07, 6.45) is 6.78. The van der Waals surface area contributed by atoms with E-state index >= 15 is 0 Å². The van der Waals surface area contributed by atoms with Crippen molar-refractivity contribution in [3.63, 3.8) is 0 Å². The Kier molecular flexibility index (Phi) is 5.47. The van der Waals surface area contributed by atoms with E-state index in [1.165, 1.54) is 17.5 Å². The number of nitrogens with zero attached hydrogens (tertiary/aromatic N) is 3. The maximum Gasteiger partial charge on any atom is 0.243 e. The number of thiophene rings is 1. The second kappa shape index (κ2) is 8.24. The first-order valence-corrected chi connectivity index (χ1v) is 12.9. The van der Waals surface area contributed by atoms with Crippen LogP contribution in [0.25, 0.3) is 11.4 Å². The first-order valence-electron chi connectivity index (χ1n) is 10.6. The summed E-state index contributed by atoms with van der Waals surface area (Å²) in [4.78, 5) is 4.93. The summed E-state index contributed by atoms with van der Waals surface area (Å²) in [5.41, 5.74) is 3.45. The SMILES string of the molecule is O=S(=O)(c1ccc2c(c1)CCCC2)N1CCCC(Cc2nc(-c3ccsc3)no2)C1. The third-order valence-corrected chi connectivity index (χ3v) is 8.69. The highest BCUT2D eigenvalue weighted by atomic mass is 32.2. The van der Waals surface area contributed by atoms with Gasteiger partial charge in [0.2, 0.25) is 21.7 Å². The molecule has 1 aliphatic carbocycles. The van der Waals surface area contributed by atoms with Crippen LogP contribution in [0, 0.1) is 5.92 Å². The molecule has 2 aromatic heterocycles. The monoisotopic (exact) mass is 443 g/mol. The van der Waals surface area contributed by atoms with Crippen molar-refractivity contribution in [3.05, 3.63) is 52.0 Å². The summed E-state index contributed by atoms with van der Waals surface area (Å²) < 4.78 is 33.7. The molecule has 1 saturated heterocycles. The molecule has 0 radical (unpaired) electrons. The molecule has 6 nitrogen and oxygen atoms in total. The smallest absolute Gasteiger partial charge is 0.243 e. The summed E-state index contributed by atoms with van der Waals surface area (Å²) in [6.45, 7) is 1.06. The molecule has 1 unspecified atom stereocenters. The van der Waals surface area contributed by atoms with Gasteiger partial charge in [0, 0.05) is 30.5 Å². The fourth-order valence-corrected chi connectivity index (χ4v) is 6.77. The van der Waals surface area contributed by atoms with E-state index in [9.17, 15) is 8.42 Å². The Hall–Kier alpha value is -2.03. The third-order valence-electron chi connectivity index (χ3n) is 6.15. The summed E-state index contributed by atoms with van der Waals surface area (Å²) in [6, 6.07) is 7.66. The van der Waals surface area contributed by atoms with Crippen LogP contribution in [0.2, 0.25) is 0 Å². The van der Waals surface area contributed by atoms with E-state index in [-0.39, 0.29) is 5.92 Å². The van der Waals surface area contributed by atoms with E-state index in [1.807, 2.05) is 29.0 Å². The van der Waals surface area contributed by atoms with Gasteiger partial charge in [-0.3, -0.25) is 0 Å². The second-order valence-electron chi connectivity index (χ2n) is 8.24. The van der Waals surface area contributed by atoms with E-state index in [0.717, 1.165) is 37.7 Å². The molecule has 158 valence electrons. The Morgan fingerprint density at radius 2 is 2.00 bits per heavy atom. The molecular formula is C22H25N3O3S2. The van der Waals surface area contributed by atoms with Gasteiger partial charge >= 0.3 is 0 Å². The molecule has 0 amide bonds. The van der Waals surface area contributed by atoms with Gasteiger partial charge < -0.3 is 4.52 Å². The van der Waals surface area contributed by atoms with Gasteiger partial charge in [-0.25, -0.2) is 8.42 Å². The van der Waals surface area contributed by atoms with Crippen LogP contribution in [-0.2, 0) is 29.3 Å². The number of sulfonamides is 1. The van der Waals surface area contributed by atoms with Crippen molar-refractivity contribution in [2.24, 2.45) is 5.92 Å². The van der Waals surface area contributed by atoms with Gasteiger partial charge in [0.25, 0.3) is 0 Å². The van der Waals surface area contributed by atoms with Gasteiger partial charge in [-0.2, -0.15) is 20.6 Å². The van der Waals surface area contributed by atoms with E-state index in [0.29, 0.717) is 36.1 Å². The van der Waals surface area contributed by atoms with Gasteiger partial charge in [-0.05, 0) is 79.1 Å². The maximum absolute atomic E-state index is 13.3. The summed E-state index contributed by atoms with van der Waals surface area (Å²) in [5.74, 6) is 1.36. The predicted molar refractivity (Wildman–Crippen MR) is 116 cm³/mol. The number of aryl methyl sites for hydroxylation is 2. The lowest BCUT2D eigenvalue weighted by Crippen LogP contribution is -2.40. The van der Waals surface area contributed by atoms with Crippen molar-refractivity contribution in [1.29, 1.82) is 0 Å². The highest BCUT2D eigenvalue weighted by molar-refractivity contribution is 7.89. The van der Waals surface area contributed by atoms with Crippen molar-refractivity contribution in [2.75, 3.05) is 13.1 Å². The molecular weight excluding hydrogens is 418 g/mol. The molecule has 5 rings (SSSR count). The normalized spacial score (nSPS) is 20.2. The largest absolute Gasteiger partial charge is 0.339 e. The van der Waals surface area contributed by atoms with Crippen LogP contribution in [-0.4, -0.2) is 36.0 Å². The van der Waals surface area contributed by atoms with Crippen LogP contribution in [0.3, 0.4) is 0 Å². The van der Waals surface area contributed by atoms with Crippen molar-refractivity contribution < 1.29 is 12.9 Å². The Labute approximate surface area is 181 Å². The number of aromatic nitrogens is 2. The number of fused-ring (bicyclic) bond motifs is 1. The van der Waals surface area contributed by atoms with Crippen LogP contribution in [0.5, 0.6) is 0 Å². The average molecular weight is 444 g/mol. The number of piperidine rings is 1. The van der Waals surface area contributed by atoms with Crippen LogP contribution in [0.15, 0.2) is 44.4 Å². The average Bonchev–Trinajstić information content (AvgIpc) is 3.46. The molecule has 0 N–H and O–H groups in total. The Morgan fingerprint density at radius 1 is 1.13 bits per heavy atom. The van der Waals surface area contributed by atoms with Gasteiger partial charge in [-0.15, -0.1) is 0 Å². The minimum Gasteiger partial charge on any atom is -0.339 e. The zero-order valence-electron chi connectivity index (χ0n) is 16.8. The lowest BCUT2D eigenvalue weighted by Gasteiger charge is -2.31. The van der Waals surface area contributed by atoms with Crippen molar-refractivity contribution in [2.45, 2.75) is 49.8 Å². The minimum atomic E-state index is -3.48. The third kappa shape index (κ3) is 3.96. The molecule has 1 atom stereocenters. The summed E-state index contributed by atoms with van der Waals surface area (Å²) in [5, 5.41) is 8.04. The summed E-state index contributed by atoms with van der Waals surface area (Å²) >= 11 is 1.59. The lowest BCUT2D eigenvalue weighted by atomic mass is 9.92. The summed E-state index contributed by atoms with van der Waals surface area (Å²) in [7, 11) is -3.48. The number of rotatable bonds is 5. The van der Waals surface area contributed by atoms with Crippen LogP contribution >= 0.6 is 11.3 Å². The first kappa shape index (κ1) is 19.9. The Bertz CT molecular complexity index is 1120. The first-order chi connectivity index (χ1) is 14.6. The van der Waals surface area contributed by atoms with Gasteiger partial charge in [0.1, 0.15) is 0 Å². The fourth-order valence-electron chi connectivity index (χ4n) is 4.52. The van der Waals surface area contributed by atoms with E-state index < -0.39 is 10.0 Å². The van der Waals surface area contributed by atoms with Crippen molar-refractivity contribution in [3.8, 4) is 11.4 Å². The molecule has 0 spiro atoms. The molecule has 3 aromatic rings. The molecule has 1 aromatic carbocycles. The van der Waals surface area contributed by atoms with E-state index in [2.05, 4.69) is 10.1 Å². The lowest BCUT2D eigenvalue weighted by molar-refractivity contribution is 0.247. The number of hydrogen-bond donors (Lipinski definition) is 0. The predicted octanol–water partition coefficient (Wildman–Crippen LogP) is 4.32. The maximum atomic E-state index is 13.3. The highest BCUT2D eigenvalue weighted by Gasteiger charge is 2.31. The zero-order valence-corrected chi connectivity index (χ0v) is 18.4. The van der Waals surface area contributed by atoms with Crippen molar-refractivity contribution >= 4 is 21.4 Å². The van der Waals surface area contributed by atoms with Crippen LogP contribution in [0.4, 0.5) is 0 Å². The number of hydrogen-bond acceptors (Lipinski definition) is 6. The van der Waals surface area contributed by atoms with Crippen molar-refractivity contribution in [1.82, 2.24) is 14.4 Å². The standard InChI is InChI=1S/C22H25N3O3S2/c26-30(27,20-8-7-17-5-1-2-6-18(17)13-20)25-10-3-4-16(14-25)12-21-23-22(24-28-21)19-9-11-29-15-19/h7-9,11,13,15-16H,1-6,10,12,14H2. The molecule has 3 heterocycles. The topological polar surface area (TPSA) is 76.3 Å². The minimum absolute atomic E-state index is 0.182. The van der Waals surface area contributed by atoms with Gasteiger partial charge in [0.05, 0.1) is 4.90 Å². The highest BCUT2D eigenvalue weighted by Crippen LogP contribution is 2.29. The molecule has 1 fully saturated rings. The molecule has 2 aliphatic rings. The number of benzene rings is 1. The molecule has 1 aliphatic heterocycles. The van der Waals surface area contributed by atoms with Crippen LogP contribution in [0.1, 0.15) is 42.7 Å². The zero-order chi connectivity index (χ0) is 20.6. The van der Waals surface area contributed by atoms with Crippen LogP contribution < -0.4 is 0 Å². The Morgan fingerprint density at radius 3 is 2.83 bits per heavy atom. The molecule has 8 heteroatoms. The van der Waals surface area contributed by atoms with E-state index in [4.69, 9.17) is 4.52 Å². The van der Waals surface area contributed by atoms with Gasteiger partial charge in [-0.1, -0.05) is 11.2 Å². The quantitative estimate of drug-likeness (QED) is 0.587. The van der Waals surface area contributed by atoms with E-state index in [1.54, 1.807) is 21.7 Å². The Balaban J connectivity index is 1.30. The molecule has 0 bridgehead atoms.